The van der Waals surface area contributed by atoms with Gasteiger partial charge in [-0.25, -0.2) is 0 Å². The van der Waals surface area contributed by atoms with E-state index in [1.807, 2.05) is 0 Å². The number of hydrogen-bond acceptors (Lipinski definition) is 4. The third-order valence-electron chi connectivity index (χ3n) is 2.99. The largest absolute Gasteiger partial charge is 0.372 e. The van der Waals surface area contributed by atoms with Crippen LogP contribution in [0.3, 0.4) is 0 Å². The number of hydrogen-bond donors (Lipinski definition) is 2. The summed E-state index contributed by atoms with van der Waals surface area (Å²) in [5.74, 6) is 2.12. The molecule has 0 spiro atoms. The molecule has 0 atom stereocenters. The lowest BCUT2D eigenvalue weighted by Gasteiger charge is -2.06. The standard InChI is InChI=1S/C13H16N4/c1-2-10(9-12-14-4-5-15-12)8-11(3-1)13-16-6-7-17-13/h1-3,8H,4-7,9H2,(H,14,15)(H,16,17). The molecule has 88 valence electrons. The van der Waals surface area contributed by atoms with Crippen molar-refractivity contribution in [1.82, 2.24) is 10.6 Å². The number of benzene rings is 1. The zero-order chi connectivity index (χ0) is 11.5. The van der Waals surface area contributed by atoms with Crippen molar-refractivity contribution in [3.63, 3.8) is 0 Å². The summed E-state index contributed by atoms with van der Waals surface area (Å²) in [6.07, 6.45) is 0.890. The smallest absolute Gasteiger partial charge is 0.128 e. The van der Waals surface area contributed by atoms with Crippen LogP contribution in [0.4, 0.5) is 0 Å². The molecular weight excluding hydrogens is 212 g/mol. The monoisotopic (exact) mass is 228 g/mol. The Morgan fingerprint density at radius 2 is 1.94 bits per heavy atom. The Morgan fingerprint density at radius 1 is 1.06 bits per heavy atom. The molecule has 1 aromatic carbocycles. The highest BCUT2D eigenvalue weighted by atomic mass is 15.1. The van der Waals surface area contributed by atoms with Gasteiger partial charge in [-0.2, -0.15) is 0 Å². The van der Waals surface area contributed by atoms with Gasteiger partial charge in [0.25, 0.3) is 0 Å². The van der Waals surface area contributed by atoms with Gasteiger partial charge in [-0.15, -0.1) is 0 Å². The molecule has 0 bridgehead atoms. The molecule has 0 radical (unpaired) electrons. The average Bonchev–Trinajstić information content (AvgIpc) is 3.01. The molecule has 2 aliphatic heterocycles. The van der Waals surface area contributed by atoms with Crippen LogP contribution in [0.2, 0.25) is 0 Å². The number of nitrogens with zero attached hydrogens (tertiary/aromatic N) is 2. The first-order valence-corrected chi connectivity index (χ1v) is 6.07. The van der Waals surface area contributed by atoms with Crippen molar-refractivity contribution in [2.24, 2.45) is 9.98 Å². The van der Waals surface area contributed by atoms with Gasteiger partial charge in [-0.3, -0.25) is 9.98 Å². The molecule has 2 N–H and O–H groups in total. The summed E-state index contributed by atoms with van der Waals surface area (Å²) < 4.78 is 0. The van der Waals surface area contributed by atoms with Crippen molar-refractivity contribution in [1.29, 1.82) is 0 Å². The highest BCUT2D eigenvalue weighted by molar-refractivity contribution is 6.00. The summed E-state index contributed by atoms with van der Waals surface area (Å²) in [5, 5.41) is 6.60. The van der Waals surface area contributed by atoms with Gasteiger partial charge in [0.2, 0.25) is 0 Å². The van der Waals surface area contributed by atoms with E-state index in [-0.39, 0.29) is 0 Å². The Balaban J connectivity index is 1.78. The van der Waals surface area contributed by atoms with Crippen LogP contribution >= 0.6 is 0 Å². The number of amidine groups is 2. The molecule has 0 saturated heterocycles. The summed E-state index contributed by atoms with van der Waals surface area (Å²) in [7, 11) is 0. The highest BCUT2D eigenvalue weighted by Crippen LogP contribution is 2.09. The van der Waals surface area contributed by atoms with Crippen molar-refractivity contribution in [3.05, 3.63) is 35.4 Å². The van der Waals surface area contributed by atoms with Gasteiger partial charge < -0.3 is 10.6 Å². The van der Waals surface area contributed by atoms with E-state index in [0.29, 0.717) is 0 Å². The number of rotatable bonds is 3. The predicted octanol–water partition coefficient (Wildman–Crippen LogP) is 0.581. The van der Waals surface area contributed by atoms with Gasteiger partial charge >= 0.3 is 0 Å². The molecule has 2 aliphatic rings. The lowest BCUT2D eigenvalue weighted by Crippen LogP contribution is -2.21. The molecular formula is C13H16N4. The first kappa shape index (κ1) is 10.3. The quantitative estimate of drug-likeness (QED) is 0.795. The second kappa shape index (κ2) is 4.57. The molecule has 0 amide bonds. The summed E-state index contributed by atoms with van der Waals surface area (Å²) in [4.78, 5) is 8.86. The van der Waals surface area contributed by atoms with E-state index in [9.17, 15) is 0 Å². The minimum Gasteiger partial charge on any atom is -0.372 e. The molecule has 1 aromatic rings. The number of aliphatic imine (C=N–C) groups is 2. The molecule has 0 aliphatic carbocycles. The first-order valence-electron chi connectivity index (χ1n) is 6.07. The van der Waals surface area contributed by atoms with E-state index in [2.05, 4.69) is 44.9 Å². The minimum atomic E-state index is 0.883. The fourth-order valence-corrected chi connectivity index (χ4v) is 2.18. The third kappa shape index (κ3) is 2.30. The van der Waals surface area contributed by atoms with Crippen molar-refractivity contribution in [3.8, 4) is 0 Å². The summed E-state index contributed by atoms with van der Waals surface area (Å²) in [6.45, 7) is 3.72. The molecule has 2 heterocycles. The highest BCUT2D eigenvalue weighted by Gasteiger charge is 2.10. The van der Waals surface area contributed by atoms with E-state index >= 15 is 0 Å². The SMILES string of the molecule is c1cc(CC2=NCCN2)cc(C2=NCCN2)c1. The van der Waals surface area contributed by atoms with Gasteiger partial charge in [0, 0.05) is 25.1 Å². The molecule has 0 saturated carbocycles. The van der Waals surface area contributed by atoms with E-state index in [1.165, 1.54) is 11.1 Å². The van der Waals surface area contributed by atoms with Gasteiger partial charge in [-0.05, 0) is 11.6 Å². The fourth-order valence-electron chi connectivity index (χ4n) is 2.18. The zero-order valence-electron chi connectivity index (χ0n) is 9.74. The van der Waals surface area contributed by atoms with Crippen LogP contribution in [0.15, 0.2) is 34.3 Å². The zero-order valence-corrected chi connectivity index (χ0v) is 9.74. The van der Waals surface area contributed by atoms with Gasteiger partial charge in [0.1, 0.15) is 11.7 Å². The van der Waals surface area contributed by atoms with E-state index < -0.39 is 0 Å². The normalized spacial score (nSPS) is 18.4. The maximum atomic E-state index is 4.44. The third-order valence-corrected chi connectivity index (χ3v) is 2.99. The van der Waals surface area contributed by atoms with Gasteiger partial charge in [0.05, 0.1) is 13.1 Å². The Labute approximate surface area is 101 Å². The maximum Gasteiger partial charge on any atom is 0.128 e. The van der Waals surface area contributed by atoms with Crippen molar-refractivity contribution in [2.45, 2.75) is 6.42 Å². The molecule has 17 heavy (non-hydrogen) atoms. The van der Waals surface area contributed by atoms with Crippen molar-refractivity contribution < 1.29 is 0 Å². The maximum absolute atomic E-state index is 4.44. The average molecular weight is 228 g/mol. The van der Waals surface area contributed by atoms with Crippen LogP contribution in [-0.4, -0.2) is 37.9 Å². The Hall–Kier alpha value is -1.84. The fraction of sp³-hybridized carbons (Fsp3) is 0.385. The summed E-state index contributed by atoms with van der Waals surface area (Å²) in [6, 6.07) is 8.52. The van der Waals surface area contributed by atoms with Crippen LogP contribution in [0.25, 0.3) is 0 Å². The van der Waals surface area contributed by atoms with Crippen LogP contribution in [0.1, 0.15) is 11.1 Å². The van der Waals surface area contributed by atoms with E-state index in [1.54, 1.807) is 0 Å². The van der Waals surface area contributed by atoms with Gasteiger partial charge in [-0.1, -0.05) is 18.2 Å². The predicted molar refractivity (Wildman–Crippen MR) is 69.9 cm³/mol. The van der Waals surface area contributed by atoms with Crippen molar-refractivity contribution >= 4 is 11.7 Å². The molecule has 0 fully saturated rings. The molecule has 3 rings (SSSR count). The van der Waals surface area contributed by atoms with Crippen LogP contribution in [0.5, 0.6) is 0 Å². The lowest BCUT2D eigenvalue weighted by molar-refractivity contribution is 0.953. The molecule has 4 nitrogen and oxygen atoms in total. The van der Waals surface area contributed by atoms with Crippen LogP contribution < -0.4 is 10.6 Å². The van der Waals surface area contributed by atoms with E-state index in [0.717, 1.165) is 44.3 Å². The van der Waals surface area contributed by atoms with Crippen LogP contribution in [-0.2, 0) is 6.42 Å². The Kier molecular flexibility index (Phi) is 2.78. The topological polar surface area (TPSA) is 48.8 Å². The lowest BCUT2D eigenvalue weighted by atomic mass is 10.1. The Bertz CT molecular complexity index is 476. The van der Waals surface area contributed by atoms with Crippen molar-refractivity contribution in [2.75, 3.05) is 26.2 Å². The molecule has 0 aromatic heterocycles. The minimum absolute atomic E-state index is 0.883. The second-order valence-electron chi connectivity index (χ2n) is 4.29. The van der Waals surface area contributed by atoms with Gasteiger partial charge in [0.15, 0.2) is 0 Å². The molecule has 4 heteroatoms. The number of nitrogens with one attached hydrogen (secondary N) is 2. The van der Waals surface area contributed by atoms with Crippen LogP contribution in [0, 0.1) is 0 Å². The Morgan fingerprint density at radius 3 is 2.71 bits per heavy atom. The molecule has 0 unspecified atom stereocenters. The second-order valence-corrected chi connectivity index (χ2v) is 4.29. The summed E-state index contributed by atoms with van der Waals surface area (Å²) in [5.41, 5.74) is 2.46. The van der Waals surface area contributed by atoms with E-state index in [4.69, 9.17) is 0 Å². The first-order chi connectivity index (χ1) is 8.42. The summed E-state index contributed by atoms with van der Waals surface area (Å²) >= 11 is 0.